The Kier molecular flexibility index (Phi) is 4.53. The van der Waals surface area contributed by atoms with Gasteiger partial charge in [0.15, 0.2) is 0 Å². The monoisotopic (exact) mass is 343 g/mol. The van der Waals surface area contributed by atoms with Crippen molar-refractivity contribution in [3.05, 3.63) is 0 Å². The highest BCUT2D eigenvalue weighted by Gasteiger charge is 2.37. The Balaban J connectivity index is 1.62. The van der Waals surface area contributed by atoms with Crippen molar-refractivity contribution in [1.82, 2.24) is 19.7 Å². The van der Waals surface area contributed by atoms with Gasteiger partial charge in [0.2, 0.25) is 16.0 Å². The van der Waals surface area contributed by atoms with Crippen LogP contribution in [0.3, 0.4) is 0 Å². The molecule has 0 spiro atoms. The van der Waals surface area contributed by atoms with Crippen molar-refractivity contribution in [2.75, 3.05) is 32.2 Å². The quantitative estimate of drug-likeness (QED) is 0.765. The molecule has 1 aromatic rings. The molecule has 2 fully saturated rings. The summed E-state index contributed by atoms with van der Waals surface area (Å²) in [7, 11) is -0.173. The molecule has 10 heteroatoms. The second-order valence-electron chi connectivity index (χ2n) is 5.73. The maximum Gasteiger partial charge on any atom is 0.324 e. The summed E-state index contributed by atoms with van der Waals surface area (Å²) in [6.45, 7) is 1.32. The van der Waals surface area contributed by atoms with E-state index in [1.54, 1.807) is 0 Å². The number of piperidine rings is 1. The van der Waals surface area contributed by atoms with Crippen molar-refractivity contribution < 1.29 is 17.9 Å². The first-order valence-electron chi connectivity index (χ1n) is 7.62. The van der Waals surface area contributed by atoms with Crippen molar-refractivity contribution >= 4 is 16.0 Å². The highest BCUT2D eigenvalue weighted by atomic mass is 32.2. The molecule has 0 unspecified atom stereocenters. The number of rotatable bonds is 6. The first-order chi connectivity index (χ1) is 11.0. The molecule has 1 aliphatic carbocycles. The number of ether oxygens (including phenoxy) is 2. The van der Waals surface area contributed by atoms with Crippen LogP contribution >= 0.6 is 0 Å². The van der Waals surface area contributed by atoms with Gasteiger partial charge in [-0.25, -0.2) is 13.1 Å². The molecular formula is C13H21N5O4S. The minimum absolute atomic E-state index is 0.0255. The number of hydrogen-bond acceptors (Lipinski definition) is 8. The van der Waals surface area contributed by atoms with E-state index < -0.39 is 10.0 Å². The molecule has 0 atom stereocenters. The third-order valence-corrected chi connectivity index (χ3v) is 6.03. The summed E-state index contributed by atoms with van der Waals surface area (Å²) < 4.78 is 36.9. The van der Waals surface area contributed by atoms with Crippen LogP contribution in [0.2, 0.25) is 0 Å². The van der Waals surface area contributed by atoms with Gasteiger partial charge in [-0.1, -0.05) is 0 Å². The average molecular weight is 343 g/mol. The summed E-state index contributed by atoms with van der Waals surface area (Å²) in [5.74, 6) is 0.484. The van der Waals surface area contributed by atoms with Crippen molar-refractivity contribution in [1.29, 1.82) is 0 Å². The lowest BCUT2D eigenvalue weighted by Gasteiger charge is -2.32. The van der Waals surface area contributed by atoms with Crippen LogP contribution in [0.4, 0.5) is 5.95 Å². The Bertz CT molecular complexity index is 634. The fourth-order valence-corrected chi connectivity index (χ4v) is 4.21. The van der Waals surface area contributed by atoms with Gasteiger partial charge < -0.3 is 14.4 Å². The molecule has 0 aromatic carbocycles. The van der Waals surface area contributed by atoms with Gasteiger partial charge in [0.25, 0.3) is 0 Å². The lowest BCUT2D eigenvalue weighted by molar-refractivity contribution is 0.338. The lowest BCUT2D eigenvalue weighted by Crippen LogP contribution is -2.46. The van der Waals surface area contributed by atoms with E-state index >= 15 is 0 Å². The van der Waals surface area contributed by atoms with Gasteiger partial charge in [-0.3, -0.25) is 0 Å². The molecule has 9 nitrogen and oxygen atoms in total. The molecule has 2 heterocycles. The minimum atomic E-state index is -3.14. The molecule has 1 saturated carbocycles. The van der Waals surface area contributed by atoms with Crippen molar-refractivity contribution in [3.63, 3.8) is 0 Å². The third-order valence-electron chi connectivity index (χ3n) is 4.02. The normalized spacial score (nSPS) is 19.7. The number of anilines is 1. The van der Waals surface area contributed by atoms with Gasteiger partial charge >= 0.3 is 12.0 Å². The summed E-state index contributed by atoms with van der Waals surface area (Å²) in [5, 5.41) is -0.183. The van der Waals surface area contributed by atoms with Gasteiger partial charge in [-0.05, 0) is 25.7 Å². The number of hydrogen-bond donors (Lipinski definition) is 1. The molecule has 1 aromatic heterocycles. The zero-order chi connectivity index (χ0) is 16.4. The van der Waals surface area contributed by atoms with Crippen LogP contribution in [0.1, 0.15) is 25.7 Å². The van der Waals surface area contributed by atoms with E-state index in [1.165, 1.54) is 14.2 Å². The van der Waals surface area contributed by atoms with Gasteiger partial charge in [-0.15, -0.1) is 4.98 Å². The predicted molar refractivity (Wildman–Crippen MR) is 83.2 cm³/mol. The average Bonchev–Trinajstić information content (AvgIpc) is 3.40. The third kappa shape index (κ3) is 3.81. The first-order valence-corrected chi connectivity index (χ1v) is 9.16. The maximum absolute atomic E-state index is 12.0. The lowest BCUT2D eigenvalue weighted by atomic mass is 10.1. The van der Waals surface area contributed by atoms with E-state index in [1.807, 2.05) is 4.90 Å². The summed E-state index contributed by atoms with van der Waals surface area (Å²) in [6, 6.07) is 0.370. The number of nitrogens with zero attached hydrogens (tertiary/aromatic N) is 4. The molecule has 0 amide bonds. The van der Waals surface area contributed by atoms with Crippen LogP contribution in [0.5, 0.6) is 12.0 Å². The smallest absolute Gasteiger partial charge is 0.324 e. The molecule has 0 radical (unpaired) electrons. The van der Waals surface area contributed by atoms with Gasteiger partial charge in [0.1, 0.15) is 0 Å². The number of methoxy groups -OCH3 is 2. The number of sulfonamides is 1. The van der Waals surface area contributed by atoms with E-state index in [2.05, 4.69) is 19.7 Å². The molecule has 0 bridgehead atoms. The Morgan fingerprint density at radius 3 is 2.04 bits per heavy atom. The molecule has 1 N–H and O–H groups in total. The molecule has 128 valence electrons. The zero-order valence-corrected chi connectivity index (χ0v) is 14.0. The second-order valence-corrected chi connectivity index (χ2v) is 7.72. The Labute approximate surface area is 135 Å². The fourth-order valence-electron chi connectivity index (χ4n) is 2.56. The maximum atomic E-state index is 12.0. The minimum Gasteiger partial charge on any atom is -0.467 e. The largest absolute Gasteiger partial charge is 0.467 e. The van der Waals surface area contributed by atoms with E-state index in [0.717, 1.165) is 12.8 Å². The van der Waals surface area contributed by atoms with Gasteiger partial charge in [0.05, 0.1) is 19.5 Å². The molecule has 1 aliphatic heterocycles. The van der Waals surface area contributed by atoms with Crippen LogP contribution in [0.25, 0.3) is 0 Å². The topological polar surface area (TPSA) is 107 Å². The van der Waals surface area contributed by atoms with Crippen LogP contribution in [0, 0.1) is 0 Å². The standard InChI is InChI=1S/C13H21N5O4S/c1-21-12-14-11(15-13(16-12)22-2)18-7-5-9(6-8-18)17-23(19,20)10-3-4-10/h9-10,17H,3-8H2,1-2H3. The summed E-state index contributed by atoms with van der Waals surface area (Å²) >= 11 is 0. The Morgan fingerprint density at radius 1 is 1.00 bits per heavy atom. The summed E-state index contributed by atoms with van der Waals surface area (Å²) in [4.78, 5) is 14.4. The predicted octanol–water partition coefficient (Wildman–Crippen LogP) is -0.0606. The molecule has 2 aliphatic rings. The van der Waals surface area contributed by atoms with Gasteiger partial charge in [-0.2, -0.15) is 9.97 Å². The Hall–Kier alpha value is -1.68. The van der Waals surface area contributed by atoms with Crippen LogP contribution in [-0.4, -0.2) is 62.0 Å². The SMILES string of the molecule is COc1nc(OC)nc(N2CCC(NS(=O)(=O)C3CC3)CC2)n1. The van der Waals surface area contributed by atoms with Crippen molar-refractivity contribution in [3.8, 4) is 12.0 Å². The van der Waals surface area contributed by atoms with E-state index in [-0.39, 0.29) is 23.3 Å². The highest BCUT2D eigenvalue weighted by Crippen LogP contribution is 2.28. The molecule has 1 saturated heterocycles. The fraction of sp³-hybridized carbons (Fsp3) is 0.769. The van der Waals surface area contributed by atoms with Gasteiger partial charge in [0, 0.05) is 19.1 Å². The Morgan fingerprint density at radius 2 is 1.57 bits per heavy atom. The van der Waals surface area contributed by atoms with Crippen LogP contribution in [-0.2, 0) is 10.0 Å². The van der Waals surface area contributed by atoms with E-state index in [9.17, 15) is 8.42 Å². The molecular weight excluding hydrogens is 322 g/mol. The second kappa shape index (κ2) is 6.44. The highest BCUT2D eigenvalue weighted by molar-refractivity contribution is 7.90. The summed E-state index contributed by atoms with van der Waals surface area (Å²) in [6.07, 6.45) is 2.97. The number of aromatic nitrogens is 3. The van der Waals surface area contributed by atoms with Crippen molar-refractivity contribution in [2.24, 2.45) is 0 Å². The number of nitrogens with one attached hydrogen (secondary N) is 1. The van der Waals surface area contributed by atoms with Crippen molar-refractivity contribution in [2.45, 2.75) is 37.0 Å². The van der Waals surface area contributed by atoms with E-state index in [0.29, 0.717) is 31.9 Å². The summed E-state index contributed by atoms with van der Waals surface area (Å²) in [5.41, 5.74) is 0. The van der Waals surface area contributed by atoms with E-state index in [4.69, 9.17) is 9.47 Å². The van der Waals surface area contributed by atoms with Crippen LogP contribution < -0.4 is 19.1 Å². The molecule has 3 rings (SSSR count). The van der Waals surface area contributed by atoms with Crippen LogP contribution in [0.15, 0.2) is 0 Å². The molecule has 23 heavy (non-hydrogen) atoms. The zero-order valence-electron chi connectivity index (χ0n) is 13.2. The first kappa shape index (κ1) is 16.2.